The van der Waals surface area contributed by atoms with Crippen LogP contribution < -0.4 is 10.5 Å². The van der Waals surface area contributed by atoms with Crippen LogP contribution in [-0.2, 0) is 6.42 Å². The normalized spacial score (nSPS) is 10.3. The Morgan fingerprint density at radius 1 is 1.11 bits per heavy atom. The molecule has 0 saturated heterocycles. The maximum atomic E-state index is 5.72. The summed E-state index contributed by atoms with van der Waals surface area (Å²) in [5, 5.41) is 0. The number of rotatable bonds is 4. The third-order valence-corrected chi connectivity index (χ3v) is 2.79. The minimum atomic E-state index is 0.574. The van der Waals surface area contributed by atoms with Crippen molar-refractivity contribution in [2.24, 2.45) is 0 Å². The van der Waals surface area contributed by atoms with E-state index in [0.717, 1.165) is 24.3 Å². The molecule has 0 unspecified atom stereocenters. The highest BCUT2D eigenvalue weighted by Gasteiger charge is 2.01. The van der Waals surface area contributed by atoms with Gasteiger partial charge in [0.1, 0.15) is 5.75 Å². The van der Waals surface area contributed by atoms with Crippen LogP contribution in [0.15, 0.2) is 36.4 Å². The number of aryl methyl sites for hydroxylation is 2. The molecule has 3 nitrogen and oxygen atoms in total. The molecule has 0 aliphatic carbocycles. The molecular weight excluding hydrogens is 224 g/mol. The molecule has 1 aromatic carbocycles. The third-order valence-electron chi connectivity index (χ3n) is 2.79. The van der Waals surface area contributed by atoms with E-state index in [0.29, 0.717) is 11.6 Å². The lowest BCUT2D eigenvalue weighted by molar-refractivity contribution is 0.461. The van der Waals surface area contributed by atoms with E-state index in [1.165, 1.54) is 5.56 Å². The zero-order chi connectivity index (χ0) is 13.0. The standard InChI is InChI=1S/C15H18N2O/c1-3-4-12-5-7-13(8-6-12)18-15-10-9-14(16)11(2)17-15/h5-10H,3-4,16H2,1-2H3. The summed E-state index contributed by atoms with van der Waals surface area (Å²) < 4.78 is 5.68. The molecule has 0 aliphatic rings. The summed E-state index contributed by atoms with van der Waals surface area (Å²) in [6.07, 6.45) is 2.25. The van der Waals surface area contributed by atoms with Gasteiger partial charge in [-0.05, 0) is 37.1 Å². The number of anilines is 1. The third kappa shape index (κ3) is 3.00. The van der Waals surface area contributed by atoms with E-state index >= 15 is 0 Å². The maximum Gasteiger partial charge on any atom is 0.219 e. The van der Waals surface area contributed by atoms with E-state index in [2.05, 4.69) is 24.0 Å². The Labute approximate surface area is 108 Å². The highest BCUT2D eigenvalue weighted by Crippen LogP contribution is 2.22. The number of hydrogen-bond donors (Lipinski definition) is 1. The van der Waals surface area contributed by atoms with Gasteiger partial charge in [-0.1, -0.05) is 25.5 Å². The molecule has 0 atom stereocenters. The SMILES string of the molecule is CCCc1ccc(Oc2ccc(N)c(C)n2)cc1. The quantitative estimate of drug-likeness (QED) is 0.889. The van der Waals surface area contributed by atoms with Gasteiger partial charge < -0.3 is 10.5 Å². The summed E-state index contributed by atoms with van der Waals surface area (Å²) in [7, 11) is 0. The zero-order valence-corrected chi connectivity index (χ0v) is 10.8. The van der Waals surface area contributed by atoms with Crippen LogP contribution in [0.1, 0.15) is 24.6 Å². The van der Waals surface area contributed by atoms with E-state index in [1.54, 1.807) is 6.07 Å². The molecule has 2 N–H and O–H groups in total. The average Bonchev–Trinajstić information content (AvgIpc) is 2.37. The number of pyridine rings is 1. The van der Waals surface area contributed by atoms with E-state index in [-0.39, 0.29) is 0 Å². The molecule has 2 aromatic rings. The summed E-state index contributed by atoms with van der Waals surface area (Å²) in [4.78, 5) is 4.28. The van der Waals surface area contributed by atoms with Crippen LogP contribution in [0.25, 0.3) is 0 Å². The summed E-state index contributed by atoms with van der Waals surface area (Å²) >= 11 is 0. The second-order valence-electron chi connectivity index (χ2n) is 4.32. The van der Waals surface area contributed by atoms with Gasteiger partial charge in [-0.25, -0.2) is 4.98 Å². The van der Waals surface area contributed by atoms with Crippen molar-refractivity contribution < 1.29 is 4.74 Å². The van der Waals surface area contributed by atoms with Crippen LogP contribution in [0.2, 0.25) is 0 Å². The molecule has 18 heavy (non-hydrogen) atoms. The largest absolute Gasteiger partial charge is 0.439 e. The first-order chi connectivity index (χ1) is 8.69. The molecule has 0 radical (unpaired) electrons. The van der Waals surface area contributed by atoms with Crippen molar-refractivity contribution in [2.45, 2.75) is 26.7 Å². The van der Waals surface area contributed by atoms with Crippen molar-refractivity contribution >= 4 is 5.69 Å². The maximum absolute atomic E-state index is 5.72. The predicted octanol–water partition coefficient (Wildman–Crippen LogP) is 3.72. The smallest absolute Gasteiger partial charge is 0.219 e. The molecule has 3 heteroatoms. The summed E-state index contributed by atoms with van der Waals surface area (Å²) in [6.45, 7) is 4.04. The van der Waals surface area contributed by atoms with Crippen molar-refractivity contribution in [3.63, 3.8) is 0 Å². The fourth-order valence-electron chi connectivity index (χ4n) is 1.74. The van der Waals surface area contributed by atoms with Crippen molar-refractivity contribution in [3.05, 3.63) is 47.7 Å². The topological polar surface area (TPSA) is 48.1 Å². The number of hydrogen-bond acceptors (Lipinski definition) is 3. The first kappa shape index (κ1) is 12.4. The van der Waals surface area contributed by atoms with Gasteiger partial charge in [0.2, 0.25) is 5.88 Å². The number of benzene rings is 1. The fourth-order valence-corrected chi connectivity index (χ4v) is 1.74. The van der Waals surface area contributed by atoms with Crippen molar-refractivity contribution in [1.29, 1.82) is 0 Å². The summed E-state index contributed by atoms with van der Waals surface area (Å²) in [6, 6.07) is 11.7. The second-order valence-corrected chi connectivity index (χ2v) is 4.32. The van der Waals surface area contributed by atoms with Crippen molar-refractivity contribution in [2.75, 3.05) is 5.73 Å². The number of nitrogen functional groups attached to an aromatic ring is 1. The molecule has 0 saturated carbocycles. The minimum Gasteiger partial charge on any atom is -0.439 e. The Bertz CT molecular complexity index is 521. The monoisotopic (exact) mass is 242 g/mol. The highest BCUT2D eigenvalue weighted by atomic mass is 16.5. The Hall–Kier alpha value is -2.03. The van der Waals surface area contributed by atoms with Crippen LogP contribution in [0.4, 0.5) is 5.69 Å². The zero-order valence-electron chi connectivity index (χ0n) is 10.8. The Morgan fingerprint density at radius 3 is 2.44 bits per heavy atom. The molecule has 1 heterocycles. The van der Waals surface area contributed by atoms with Gasteiger partial charge in [-0.2, -0.15) is 0 Å². The van der Waals surface area contributed by atoms with E-state index in [1.807, 2.05) is 25.1 Å². The van der Waals surface area contributed by atoms with Crippen molar-refractivity contribution in [1.82, 2.24) is 4.98 Å². The van der Waals surface area contributed by atoms with Gasteiger partial charge in [0.15, 0.2) is 0 Å². The fraction of sp³-hybridized carbons (Fsp3) is 0.267. The van der Waals surface area contributed by atoms with Crippen LogP contribution >= 0.6 is 0 Å². The minimum absolute atomic E-state index is 0.574. The van der Waals surface area contributed by atoms with E-state index in [9.17, 15) is 0 Å². The summed E-state index contributed by atoms with van der Waals surface area (Å²) in [5.74, 6) is 1.37. The lowest BCUT2D eigenvalue weighted by Crippen LogP contribution is -1.95. The summed E-state index contributed by atoms with van der Waals surface area (Å²) in [5.41, 5.74) is 8.51. The lowest BCUT2D eigenvalue weighted by atomic mass is 10.1. The van der Waals surface area contributed by atoms with Gasteiger partial charge >= 0.3 is 0 Å². The van der Waals surface area contributed by atoms with Crippen LogP contribution in [-0.4, -0.2) is 4.98 Å². The van der Waals surface area contributed by atoms with Gasteiger partial charge in [-0.15, -0.1) is 0 Å². The molecule has 0 bridgehead atoms. The number of nitrogens with zero attached hydrogens (tertiary/aromatic N) is 1. The first-order valence-electron chi connectivity index (χ1n) is 6.19. The molecular formula is C15H18N2O. The second kappa shape index (κ2) is 5.54. The molecule has 94 valence electrons. The van der Waals surface area contributed by atoms with Gasteiger partial charge in [0, 0.05) is 6.07 Å². The molecule has 1 aromatic heterocycles. The predicted molar refractivity (Wildman–Crippen MR) is 73.9 cm³/mol. The first-order valence-corrected chi connectivity index (χ1v) is 6.19. The Morgan fingerprint density at radius 2 is 1.83 bits per heavy atom. The van der Waals surface area contributed by atoms with E-state index < -0.39 is 0 Å². The highest BCUT2D eigenvalue weighted by molar-refractivity contribution is 5.44. The van der Waals surface area contributed by atoms with Crippen LogP contribution in [0.5, 0.6) is 11.6 Å². The molecule has 0 amide bonds. The van der Waals surface area contributed by atoms with Crippen molar-refractivity contribution in [3.8, 4) is 11.6 Å². The van der Waals surface area contributed by atoms with E-state index in [4.69, 9.17) is 10.5 Å². The number of ether oxygens (including phenoxy) is 1. The van der Waals surface area contributed by atoms with Gasteiger partial charge in [0.05, 0.1) is 11.4 Å². The van der Waals surface area contributed by atoms with Gasteiger partial charge in [-0.3, -0.25) is 0 Å². The molecule has 0 aliphatic heterocycles. The average molecular weight is 242 g/mol. The molecule has 0 fully saturated rings. The Kier molecular flexibility index (Phi) is 3.82. The van der Waals surface area contributed by atoms with Crippen LogP contribution in [0.3, 0.4) is 0 Å². The molecule has 0 spiro atoms. The number of aromatic nitrogens is 1. The van der Waals surface area contributed by atoms with Gasteiger partial charge in [0.25, 0.3) is 0 Å². The number of nitrogens with two attached hydrogens (primary N) is 1. The van der Waals surface area contributed by atoms with Crippen LogP contribution in [0, 0.1) is 6.92 Å². The lowest BCUT2D eigenvalue weighted by Gasteiger charge is -2.07. The Balaban J connectivity index is 2.10. The molecule has 2 rings (SSSR count).